The van der Waals surface area contributed by atoms with E-state index in [-0.39, 0.29) is 34.8 Å². The van der Waals surface area contributed by atoms with E-state index in [9.17, 15) is 14.4 Å². The predicted molar refractivity (Wildman–Crippen MR) is 101 cm³/mol. The van der Waals surface area contributed by atoms with Crippen molar-refractivity contribution in [3.63, 3.8) is 0 Å². The highest BCUT2D eigenvalue weighted by molar-refractivity contribution is 5.92. The Balaban J connectivity index is 1.73. The fourth-order valence-electron chi connectivity index (χ4n) is 3.22. The minimum Gasteiger partial charge on any atom is -0.350 e. The first kappa shape index (κ1) is 18.8. The van der Waals surface area contributed by atoms with E-state index in [1.165, 1.54) is 22.9 Å². The second-order valence-electron chi connectivity index (χ2n) is 6.93. The number of carbonyl (C=O) groups is 1. The van der Waals surface area contributed by atoms with Crippen LogP contribution in [0, 0.1) is 0 Å². The van der Waals surface area contributed by atoms with Crippen molar-refractivity contribution in [2.75, 3.05) is 18.0 Å². The van der Waals surface area contributed by atoms with Crippen LogP contribution in [0.2, 0.25) is 0 Å². The number of hydrogen-bond acceptors (Lipinski definition) is 6. The van der Waals surface area contributed by atoms with E-state index < -0.39 is 0 Å². The molecule has 1 aliphatic rings. The van der Waals surface area contributed by atoms with Gasteiger partial charge in [-0.15, -0.1) is 0 Å². The van der Waals surface area contributed by atoms with Crippen LogP contribution < -0.4 is 21.3 Å². The molecule has 144 valence electrons. The molecule has 2 aromatic rings. The molecule has 1 saturated heterocycles. The van der Waals surface area contributed by atoms with E-state index in [4.69, 9.17) is 0 Å². The summed E-state index contributed by atoms with van der Waals surface area (Å²) in [5, 5.41) is 13.4. The van der Waals surface area contributed by atoms with Crippen molar-refractivity contribution in [1.82, 2.24) is 25.3 Å². The molecule has 9 nitrogen and oxygen atoms in total. The molecule has 2 N–H and O–H groups in total. The lowest BCUT2D eigenvalue weighted by Crippen LogP contribution is -2.48. The summed E-state index contributed by atoms with van der Waals surface area (Å²) in [5.74, 6) is 0.404. The van der Waals surface area contributed by atoms with Gasteiger partial charge in [-0.2, -0.15) is 10.2 Å². The molecule has 0 saturated carbocycles. The number of hydrogen-bond donors (Lipinski definition) is 2. The maximum absolute atomic E-state index is 12.3. The Bertz CT molecular complexity index is 899. The normalized spacial score (nSPS) is 17.1. The highest BCUT2D eigenvalue weighted by Gasteiger charge is 2.25. The highest BCUT2D eigenvalue weighted by atomic mass is 16.2. The SMILES string of the molecule is CC(C)n1nc(N2CCCCC2CNC(=O)c2ccc(=O)[nH]n2)ccc1=O. The number of nitrogens with one attached hydrogen (secondary N) is 2. The summed E-state index contributed by atoms with van der Waals surface area (Å²) in [6, 6.07) is 6.00. The van der Waals surface area contributed by atoms with Gasteiger partial charge < -0.3 is 10.2 Å². The highest BCUT2D eigenvalue weighted by Crippen LogP contribution is 2.22. The summed E-state index contributed by atoms with van der Waals surface area (Å²) in [7, 11) is 0. The Morgan fingerprint density at radius 2 is 2.07 bits per heavy atom. The van der Waals surface area contributed by atoms with Gasteiger partial charge in [-0.3, -0.25) is 14.4 Å². The monoisotopic (exact) mass is 372 g/mol. The maximum atomic E-state index is 12.3. The van der Waals surface area contributed by atoms with Crippen molar-refractivity contribution < 1.29 is 4.79 Å². The van der Waals surface area contributed by atoms with E-state index in [2.05, 4.69) is 25.5 Å². The lowest BCUT2D eigenvalue weighted by molar-refractivity contribution is 0.0943. The van der Waals surface area contributed by atoms with Crippen LogP contribution in [0.5, 0.6) is 0 Å². The third-order valence-electron chi connectivity index (χ3n) is 4.63. The molecule has 0 aromatic carbocycles. The smallest absolute Gasteiger partial charge is 0.271 e. The van der Waals surface area contributed by atoms with E-state index >= 15 is 0 Å². The Kier molecular flexibility index (Phi) is 5.68. The lowest BCUT2D eigenvalue weighted by Gasteiger charge is -2.36. The molecular weight excluding hydrogens is 348 g/mol. The van der Waals surface area contributed by atoms with Crippen LogP contribution in [0.25, 0.3) is 0 Å². The van der Waals surface area contributed by atoms with Crippen molar-refractivity contribution in [2.24, 2.45) is 0 Å². The molecule has 3 heterocycles. The van der Waals surface area contributed by atoms with Crippen LogP contribution in [-0.4, -0.2) is 45.0 Å². The van der Waals surface area contributed by atoms with Crippen molar-refractivity contribution >= 4 is 11.7 Å². The number of aromatic nitrogens is 4. The first-order valence-corrected chi connectivity index (χ1v) is 9.16. The van der Waals surface area contributed by atoms with Crippen molar-refractivity contribution in [2.45, 2.75) is 45.2 Å². The lowest BCUT2D eigenvalue weighted by atomic mass is 10.0. The molecule has 3 rings (SSSR count). The number of piperidine rings is 1. The largest absolute Gasteiger partial charge is 0.350 e. The molecule has 9 heteroatoms. The molecule has 27 heavy (non-hydrogen) atoms. The number of amides is 1. The van der Waals surface area contributed by atoms with Crippen LogP contribution >= 0.6 is 0 Å². The molecule has 1 fully saturated rings. The molecule has 1 unspecified atom stereocenters. The van der Waals surface area contributed by atoms with Crippen LogP contribution in [0.15, 0.2) is 33.9 Å². The van der Waals surface area contributed by atoms with Gasteiger partial charge >= 0.3 is 0 Å². The maximum Gasteiger partial charge on any atom is 0.271 e. The number of aromatic amines is 1. The summed E-state index contributed by atoms with van der Waals surface area (Å²) < 4.78 is 1.48. The molecule has 0 spiro atoms. The number of rotatable bonds is 5. The van der Waals surface area contributed by atoms with Gasteiger partial charge in [-0.05, 0) is 45.2 Å². The van der Waals surface area contributed by atoms with Crippen molar-refractivity contribution in [3.05, 3.63) is 50.7 Å². The molecule has 0 bridgehead atoms. The Labute approximate surface area is 156 Å². The van der Waals surface area contributed by atoms with Gasteiger partial charge in [-0.25, -0.2) is 9.78 Å². The Morgan fingerprint density at radius 3 is 2.78 bits per heavy atom. The topological polar surface area (TPSA) is 113 Å². The van der Waals surface area contributed by atoms with Crippen LogP contribution in [0.3, 0.4) is 0 Å². The second kappa shape index (κ2) is 8.15. The zero-order valence-electron chi connectivity index (χ0n) is 15.5. The zero-order valence-corrected chi connectivity index (χ0v) is 15.5. The first-order valence-electron chi connectivity index (χ1n) is 9.16. The third kappa shape index (κ3) is 4.42. The van der Waals surface area contributed by atoms with Crippen LogP contribution in [-0.2, 0) is 0 Å². The summed E-state index contributed by atoms with van der Waals surface area (Å²) in [4.78, 5) is 37.4. The van der Waals surface area contributed by atoms with Gasteiger partial charge in [0.2, 0.25) is 0 Å². The molecular formula is C18H24N6O3. The number of H-pyrrole nitrogens is 1. The summed E-state index contributed by atoms with van der Waals surface area (Å²) in [5.41, 5.74) is -0.306. The van der Waals surface area contributed by atoms with Crippen LogP contribution in [0.4, 0.5) is 5.82 Å². The van der Waals surface area contributed by atoms with E-state index in [1.54, 1.807) is 6.07 Å². The molecule has 0 aliphatic carbocycles. The number of anilines is 1. The molecule has 0 radical (unpaired) electrons. The summed E-state index contributed by atoms with van der Waals surface area (Å²) in [6.45, 7) is 5.09. The van der Waals surface area contributed by atoms with Crippen LogP contribution in [0.1, 0.15) is 49.6 Å². The van der Waals surface area contributed by atoms with Gasteiger partial charge in [0, 0.05) is 31.3 Å². The minimum atomic E-state index is -0.351. The van der Waals surface area contributed by atoms with E-state index in [0.29, 0.717) is 6.54 Å². The van der Waals surface area contributed by atoms with Gasteiger partial charge in [-0.1, -0.05) is 0 Å². The average Bonchev–Trinajstić information content (AvgIpc) is 2.67. The second-order valence-corrected chi connectivity index (χ2v) is 6.93. The van der Waals surface area contributed by atoms with Crippen molar-refractivity contribution in [3.8, 4) is 0 Å². The van der Waals surface area contributed by atoms with Crippen molar-refractivity contribution in [1.29, 1.82) is 0 Å². The summed E-state index contributed by atoms with van der Waals surface area (Å²) in [6.07, 6.45) is 3.02. The minimum absolute atomic E-state index is 0.0216. The van der Waals surface area contributed by atoms with Gasteiger partial charge in [0.25, 0.3) is 17.0 Å². The Morgan fingerprint density at radius 1 is 1.26 bits per heavy atom. The molecule has 1 amide bonds. The molecule has 1 atom stereocenters. The van der Waals surface area contributed by atoms with E-state index in [1.807, 2.05) is 13.8 Å². The quantitative estimate of drug-likeness (QED) is 0.799. The fraction of sp³-hybridized carbons (Fsp3) is 0.500. The van der Waals surface area contributed by atoms with E-state index in [0.717, 1.165) is 31.6 Å². The summed E-state index contributed by atoms with van der Waals surface area (Å²) >= 11 is 0. The Hall–Kier alpha value is -2.97. The zero-order chi connectivity index (χ0) is 19.4. The van der Waals surface area contributed by atoms with Gasteiger partial charge in [0.15, 0.2) is 0 Å². The van der Waals surface area contributed by atoms with Gasteiger partial charge in [0.1, 0.15) is 11.5 Å². The molecule has 1 aliphatic heterocycles. The third-order valence-corrected chi connectivity index (χ3v) is 4.63. The van der Waals surface area contributed by atoms with Gasteiger partial charge in [0.05, 0.1) is 6.04 Å². The predicted octanol–water partition coefficient (Wildman–Crippen LogP) is 0.696. The number of nitrogens with zero attached hydrogens (tertiary/aromatic N) is 4. The standard InChI is InChI=1S/C18H24N6O3/c1-12(2)24-17(26)9-7-15(22-24)23-10-4-3-5-13(23)11-19-18(27)14-6-8-16(25)21-20-14/h6-9,12-13H,3-5,10-11H2,1-2H3,(H,19,27)(H,21,25). The number of carbonyl (C=O) groups excluding carboxylic acids is 1. The fourth-order valence-corrected chi connectivity index (χ4v) is 3.22. The average molecular weight is 372 g/mol. The molecule has 2 aromatic heterocycles. The first-order chi connectivity index (χ1) is 13.0.